The summed E-state index contributed by atoms with van der Waals surface area (Å²) in [5, 5.41) is 3.28. The summed E-state index contributed by atoms with van der Waals surface area (Å²) >= 11 is 0. The average molecular weight is 381 g/mol. The fourth-order valence-electron chi connectivity index (χ4n) is 2.61. The molecule has 7 heteroatoms. The first-order valence-corrected chi connectivity index (χ1v) is 8.38. The van der Waals surface area contributed by atoms with E-state index in [1.54, 1.807) is 20.8 Å². The molecule has 0 aliphatic rings. The van der Waals surface area contributed by atoms with Gasteiger partial charge in [0.15, 0.2) is 0 Å². The molecule has 0 spiro atoms. The summed E-state index contributed by atoms with van der Waals surface area (Å²) in [7, 11) is 0. The molecule has 0 bridgehead atoms. The Labute approximate surface area is 159 Å². The first-order valence-electron chi connectivity index (χ1n) is 8.38. The molecule has 0 saturated heterocycles. The van der Waals surface area contributed by atoms with Gasteiger partial charge in [-0.3, -0.25) is 0 Å². The van der Waals surface area contributed by atoms with Crippen molar-refractivity contribution in [2.45, 2.75) is 33.9 Å². The van der Waals surface area contributed by atoms with E-state index in [0.29, 0.717) is 35.6 Å². The summed E-state index contributed by atoms with van der Waals surface area (Å²) in [4.78, 5) is 27.4. The van der Waals surface area contributed by atoms with Crippen LogP contribution < -0.4 is 5.32 Å². The maximum absolute atomic E-state index is 12.3. The molecule has 26 heavy (non-hydrogen) atoms. The number of hydrogen-bond acceptors (Lipinski definition) is 5. The van der Waals surface area contributed by atoms with E-state index in [-0.39, 0.29) is 25.6 Å². The standard InChI is InChI=1S/C19H24N2O4.ClH/c1-4-24-18(22)16-13(3)17(19(23)25-5-2)21-15(16)12-20-11-14-9-7-6-8-10-14;/h6-10,20-21H,4-5,11-12H2,1-3H3;1H. The molecule has 1 aromatic heterocycles. The van der Waals surface area contributed by atoms with E-state index >= 15 is 0 Å². The minimum atomic E-state index is -0.472. The number of aromatic amines is 1. The summed E-state index contributed by atoms with van der Waals surface area (Å²) in [5.74, 6) is -0.914. The van der Waals surface area contributed by atoms with E-state index < -0.39 is 11.9 Å². The van der Waals surface area contributed by atoms with Crippen molar-refractivity contribution >= 4 is 24.3 Å². The van der Waals surface area contributed by atoms with Crippen molar-refractivity contribution in [1.29, 1.82) is 0 Å². The largest absolute Gasteiger partial charge is 0.462 e. The van der Waals surface area contributed by atoms with E-state index in [1.165, 1.54) is 0 Å². The Morgan fingerprint density at radius 1 is 1.00 bits per heavy atom. The van der Waals surface area contributed by atoms with Gasteiger partial charge in [-0.2, -0.15) is 0 Å². The number of rotatable bonds is 8. The minimum absolute atomic E-state index is 0. The van der Waals surface area contributed by atoms with Crippen molar-refractivity contribution in [3.63, 3.8) is 0 Å². The predicted octanol–water partition coefficient (Wildman–Crippen LogP) is 3.39. The lowest BCUT2D eigenvalue weighted by molar-refractivity contribution is 0.0517. The van der Waals surface area contributed by atoms with Crippen LogP contribution in [0.25, 0.3) is 0 Å². The van der Waals surface area contributed by atoms with Gasteiger partial charge >= 0.3 is 11.9 Å². The molecule has 0 atom stereocenters. The molecule has 1 aromatic carbocycles. The average Bonchev–Trinajstić information content (AvgIpc) is 2.93. The van der Waals surface area contributed by atoms with Crippen LogP contribution in [0.4, 0.5) is 0 Å². The van der Waals surface area contributed by atoms with E-state index in [1.807, 2.05) is 30.3 Å². The van der Waals surface area contributed by atoms with E-state index in [9.17, 15) is 9.59 Å². The number of carbonyl (C=O) groups excluding carboxylic acids is 2. The zero-order chi connectivity index (χ0) is 18.2. The number of ether oxygens (including phenoxy) is 2. The molecule has 6 nitrogen and oxygen atoms in total. The number of H-pyrrole nitrogens is 1. The molecule has 0 amide bonds. The maximum atomic E-state index is 12.3. The number of esters is 2. The number of hydrogen-bond donors (Lipinski definition) is 2. The third-order valence-corrected chi connectivity index (χ3v) is 3.76. The second kappa shape index (κ2) is 10.6. The van der Waals surface area contributed by atoms with Gasteiger partial charge in [-0.1, -0.05) is 30.3 Å². The highest BCUT2D eigenvalue weighted by Crippen LogP contribution is 2.21. The molecular weight excluding hydrogens is 356 g/mol. The van der Waals surface area contributed by atoms with Gasteiger partial charge in [-0.15, -0.1) is 12.4 Å². The Morgan fingerprint density at radius 2 is 1.62 bits per heavy atom. The van der Waals surface area contributed by atoms with Gasteiger partial charge in [0.2, 0.25) is 0 Å². The minimum Gasteiger partial charge on any atom is -0.462 e. The van der Waals surface area contributed by atoms with Gasteiger partial charge in [0.05, 0.1) is 18.8 Å². The lowest BCUT2D eigenvalue weighted by atomic mass is 10.1. The Hall–Kier alpha value is -2.31. The van der Waals surface area contributed by atoms with Gasteiger partial charge in [0.25, 0.3) is 0 Å². The SMILES string of the molecule is CCOC(=O)c1[nH]c(CNCc2ccccc2)c(C(=O)OCC)c1C.Cl. The fraction of sp³-hybridized carbons (Fsp3) is 0.368. The quantitative estimate of drug-likeness (QED) is 0.686. The van der Waals surface area contributed by atoms with Crippen LogP contribution in [0.15, 0.2) is 30.3 Å². The Kier molecular flexibility index (Phi) is 8.88. The first-order chi connectivity index (χ1) is 12.1. The van der Waals surface area contributed by atoms with Crippen LogP contribution in [0.5, 0.6) is 0 Å². The number of benzene rings is 1. The van der Waals surface area contributed by atoms with E-state index in [2.05, 4.69) is 10.3 Å². The molecule has 2 rings (SSSR count). The molecular formula is C19H25ClN2O4. The normalized spacial score (nSPS) is 10.1. The molecule has 1 heterocycles. The van der Waals surface area contributed by atoms with E-state index in [0.717, 1.165) is 5.56 Å². The summed E-state index contributed by atoms with van der Waals surface area (Å²) in [5.41, 5.74) is 2.99. The molecule has 2 N–H and O–H groups in total. The molecule has 0 aliphatic carbocycles. The summed E-state index contributed by atoms with van der Waals surface area (Å²) < 4.78 is 10.2. The van der Waals surface area contributed by atoms with Crippen LogP contribution in [-0.2, 0) is 22.6 Å². The van der Waals surface area contributed by atoms with Crippen molar-refractivity contribution in [3.05, 3.63) is 58.4 Å². The molecule has 142 valence electrons. The Bertz CT molecular complexity index is 729. The topological polar surface area (TPSA) is 80.4 Å². The lowest BCUT2D eigenvalue weighted by Crippen LogP contribution is -2.16. The maximum Gasteiger partial charge on any atom is 0.355 e. The smallest absolute Gasteiger partial charge is 0.355 e. The van der Waals surface area contributed by atoms with Crippen molar-refractivity contribution in [3.8, 4) is 0 Å². The van der Waals surface area contributed by atoms with Gasteiger partial charge in [0.1, 0.15) is 5.69 Å². The van der Waals surface area contributed by atoms with Crippen LogP contribution in [0.1, 0.15) is 51.5 Å². The molecule has 0 fully saturated rings. The molecule has 0 radical (unpaired) electrons. The van der Waals surface area contributed by atoms with Crippen LogP contribution in [0.3, 0.4) is 0 Å². The Balaban J connectivity index is 0.00000338. The van der Waals surface area contributed by atoms with Gasteiger partial charge in [-0.25, -0.2) is 9.59 Å². The first kappa shape index (κ1) is 21.7. The van der Waals surface area contributed by atoms with Gasteiger partial charge < -0.3 is 19.8 Å². The summed E-state index contributed by atoms with van der Waals surface area (Å²) in [6, 6.07) is 9.94. The molecule has 0 aliphatic heterocycles. The second-order valence-corrected chi connectivity index (χ2v) is 5.51. The van der Waals surface area contributed by atoms with Crippen LogP contribution in [0, 0.1) is 6.92 Å². The highest BCUT2D eigenvalue weighted by Gasteiger charge is 2.25. The van der Waals surface area contributed by atoms with E-state index in [4.69, 9.17) is 9.47 Å². The van der Waals surface area contributed by atoms with Gasteiger partial charge in [0, 0.05) is 18.8 Å². The van der Waals surface area contributed by atoms with Crippen LogP contribution >= 0.6 is 12.4 Å². The van der Waals surface area contributed by atoms with Gasteiger partial charge in [-0.05, 0) is 31.9 Å². The number of nitrogens with one attached hydrogen (secondary N) is 2. The van der Waals surface area contributed by atoms with Crippen LogP contribution in [0.2, 0.25) is 0 Å². The van der Waals surface area contributed by atoms with Crippen molar-refractivity contribution < 1.29 is 19.1 Å². The molecule has 0 saturated carbocycles. The number of aromatic nitrogens is 1. The third kappa shape index (κ3) is 5.34. The Morgan fingerprint density at radius 3 is 2.23 bits per heavy atom. The zero-order valence-corrected chi connectivity index (χ0v) is 16.1. The monoisotopic (exact) mass is 380 g/mol. The number of halogens is 1. The fourth-order valence-corrected chi connectivity index (χ4v) is 2.61. The van der Waals surface area contributed by atoms with Crippen molar-refractivity contribution in [2.75, 3.05) is 13.2 Å². The highest BCUT2D eigenvalue weighted by atomic mass is 35.5. The third-order valence-electron chi connectivity index (χ3n) is 3.76. The van der Waals surface area contributed by atoms with Crippen LogP contribution in [-0.4, -0.2) is 30.1 Å². The predicted molar refractivity (Wildman–Crippen MR) is 102 cm³/mol. The zero-order valence-electron chi connectivity index (χ0n) is 15.3. The molecule has 2 aromatic rings. The van der Waals surface area contributed by atoms with Crippen molar-refractivity contribution in [2.24, 2.45) is 0 Å². The summed E-state index contributed by atoms with van der Waals surface area (Å²) in [6.07, 6.45) is 0. The lowest BCUT2D eigenvalue weighted by Gasteiger charge is -2.07. The second-order valence-electron chi connectivity index (χ2n) is 5.51. The summed E-state index contributed by atoms with van der Waals surface area (Å²) in [6.45, 7) is 6.81. The number of carbonyl (C=O) groups is 2. The highest BCUT2D eigenvalue weighted by molar-refractivity contribution is 5.98. The molecule has 0 unspecified atom stereocenters. The van der Waals surface area contributed by atoms with Crippen molar-refractivity contribution in [1.82, 2.24) is 10.3 Å².